The average Bonchev–Trinajstić information content (AvgIpc) is 2.96. The molecule has 1 saturated heterocycles. The summed E-state index contributed by atoms with van der Waals surface area (Å²) in [4.78, 5) is 23.9. The lowest BCUT2D eigenvalue weighted by Gasteiger charge is -2.31. The van der Waals surface area contributed by atoms with E-state index in [9.17, 15) is 18.0 Å². The molecule has 154 valence electrons. The highest BCUT2D eigenvalue weighted by Crippen LogP contribution is 2.25. The van der Waals surface area contributed by atoms with E-state index in [1.54, 1.807) is 0 Å². The fourth-order valence-electron chi connectivity index (χ4n) is 4.04. The van der Waals surface area contributed by atoms with Crippen LogP contribution >= 0.6 is 0 Å². The summed E-state index contributed by atoms with van der Waals surface area (Å²) in [7, 11) is -3.64. The molecule has 2 aliphatic rings. The number of hydrogen-bond donors (Lipinski definition) is 2. The molecule has 8 heteroatoms. The lowest BCUT2D eigenvalue weighted by atomic mass is 9.96. The molecule has 0 radical (unpaired) electrons. The molecule has 1 heterocycles. The molecule has 1 saturated carbocycles. The van der Waals surface area contributed by atoms with Gasteiger partial charge in [0, 0.05) is 30.6 Å². The molecule has 1 aliphatic heterocycles. The number of sulfonamides is 1. The molecule has 0 spiro atoms. The van der Waals surface area contributed by atoms with Gasteiger partial charge in [-0.1, -0.05) is 25.7 Å². The third-order valence-electron chi connectivity index (χ3n) is 5.80. The number of benzene rings is 1. The molecule has 1 aromatic rings. The van der Waals surface area contributed by atoms with Gasteiger partial charge in [0.05, 0.1) is 4.90 Å². The molecule has 7 nitrogen and oxygen atoms in total. The number of nitrogens with two attached hydrogens (primary N) is 1. The molecule has 0 unspecified atom stereocenters. The average molecular weight is 408 g/mol. The molecule has 1 aliphatic carbocycles. The Morgan fingerprint density at radius 3 is 2.04 bits per heavy atom. The largest absolute Gasteiger partial charge is 0.366 e. The van der Waals surface area contributed by atoms with Crippen LogP contribution in [0.25, 0.3) is 0 Å². The van der Waals surface area contributed by atoms with E-state index in [0.717, 1.165) is 25.7 Å². The van der Waals surface area contributed by atoms with Crippen molar-refractivity contribution < 1.29 is 18.0 Å². The van der Waals surface area contributed by atoms with Gasteiger partial charge in [0.2, 0.25) is 21.8 Å². The second kappa shape index (κ2) is 9.05. The van der Waals surface area contributed by atoms with Crippen LogP contribution in [-0.2, 0) is 14.8 Å². The van der Waals surface area contributed by atoms with Crippen LogP contribution in [0.4, 0.5) is 0 Å². The summed E-state index contributed by atoms with van der Waals surface area (Å²) >= 11 is 0. The van der Waals surface area contributed by atoms with Crippen molar-refractivity contribution in [2.75, 3.05) is 13.1 Å². The van der Waals surface area contributed by atoms with E-state index < -0.39 is 15.9 Å². The van der Waals surface area contributed by atoms with Gasteiger partial charge >= 0.3 is 0 Å². The van der Waals surface area contributed by atoms with Crippen LogP contribution in [-0.4, -0.2) is 43.7 Å². The first kappa shape index (κ1) is 20.8. The smallest absolute Gasteiger partial charge is 0.248 e. The molecule has 3 rings (SSSR count). The van der Waals surface area contributed by atoms with Crippen LogP contribution in [0.1, 0.15) is 61.7 Å². The normalized spacial score (nSPS) is 20.4. The number of carbonyl (C=O) groups is 2. The topological polar surface area (TPSA) is 110 Å². The van der Waals surface area contributed by atoms with Gasteiger partial charge in [0.15, 0.2) is 0 Å². The fraction of sp³-hybridized carbons (Fsp3) is 0.600. The number of hydrogen-bond acceptors (Lipinski definition) is 4. The Bertz CT molecular complexity index is 791. The zero-order valence-electron chi connectivity index (χ0n) is 16.1. The van der Waals surface area contributed by atoms with E-state index in [1.807, 2.05) is 0 Å². The zero-order valence-corrected chi connectivity index (χ0v) is 16.9. The Hall–Kier alpha value is -1.93. The third kappa shape index (κ3) is 4.91. The first-order valence-electron chi connectivity index (χ1n) is 10.1. The minimum Gasteiger partial charge on any atom is -0.366 e. The van der Waals surface area contributed by atoms with Gasteiger partial charge < -0.3 is 11.1 Å². The lowest BCUT2D eigenvalue weighted by Crippen LogP contribution is -2.45. The number of piperidine rings is 1. The predicted octanol–water partition coefficient (Wildman–Crippen LogP) is 2.03. The maximum atomic E-state index is 12.8. The molecule has 1 aromatic carbocycles. The Labute approximate surface area is 166 Å². The molecule has 28 heavy (non-hydrogen) atoms. The van der Waals surface area contributed by atoms with E-state index in [1.165, 1.54) is 41.4 Å². The number of amides is 2. The van der Waals surface area contributed by atoms with Crippen molar-refractivity contribution in [2.24, 2.45) is 11.7 Å². The summed E-state index contributed by atoms with van der Waals surface area (Å²) in [6, 6.07) is 5.91. The quantitative estimate of drug-likeness (QED) is 0.728. The zero-order chi connectivity index (χ0) is 20.1. The summed E-state index contributed by atoms with van der Waals surface area (Å²) in [5.41, 5.74) is 5.47. The fourth-order valence-corrected chi connectivity index (χ4v) is 5.51. The van der Waals surface area contributed by atoms with Crippen molar-refractivity contribution in [3.05, 3.63) is 29.8 Å². The third-order valence-corrected chi connectivity index (χ3v) is 7.72. The Kier molecular flexibility index (Phi) is 6.72. The number of nitrogens with one attached hydrogen (secondary N) is 1. The Morgan fingerprint density at radius 2 is 1.50 bits per heavy atom. The SMILES string of the molecule is NC(=O)c1ccc(S(=O)(=O)N2CCC(C(=O)NC3CCCCCC3)CC2)cc1. The van der Waals surface area contributed by atoms with Crippen molar-refractivity contribution in [3.63, 3.8) is 0 Å². The Morgan fingerprint density at radius 1 is 0.929 bits per heavy atom. The van der Waals surface area contributed by atoms with Crippen molar-refractivity contribution >= 4 is 21.8 Å². The minimum absolute atomic E-state index is 0.0646. The molecular formula is C20H29N3O4S. The molecule has 0 aromatic heterocycles. The molecular weight excluding hydrogens is 378 g/mol. The highest BCUT2D eigenvalue weighted by atomic mass is 32.2. The summed E-state index contributed by atoms with van der Waals surface area (Å²) in [5, 5.41) is 3.18. The van der Waals surface area contributed by atoms with E-state index in [4.69, 9.17) is 5.73 Å². The van der Waals surface area contributed by atoms with Crippen LogP contribution in [0.2, 0.25) is 0 Å². The van der Waals surface area contributed by atoms with Gasteiger partial charge in [-0.2, -0.15) is 4.31 Å². The van der Waals surface area contributed by atoms with Crippen LogP contribution in [0.15, 0.2) is 29.2 Å². The number of primary amides is 1. The van der Waals surface area contributed by atoms with Crippen molar-refractivity contribution in [3.8, 4) is 0 Å². The highest BCUT2D eigenvalue weighted by molar-refractivity contribution is 7.89. The summed E-state index contributed by atoms with van der Waals surface area (Å²) in [5.74, 6) is -0.661. The van der Waals surface area contributed by atoms with Crippen LogP contribution < -0.4 is 11.1 Å². The second-order valence-electron chi connectivity index (χ2n) is 7.76. The van der Waals surface area contributed by atoms with Crippen molar-refractivity contribution in [1.82, 2.24) is 9.62 Å². The maximum absolute atomic E-state index is 12.8. The van der Waals surface area contributed by atoms with Gasteiger partial charge in [0.25, 0.3) is 0 Å². The van der Waals surface area contributed by atoms with Crippen LogP contribution in [0.5, 0.6) is 0 Å². The van der Waals surface area contributed by atoms with E-state index >= 15 is 0 Å². The highest BCUT2D eigenvalue weighted by Gasteiger charge is 2.32. The molecule has 2 amide bonds. The van der Waals surface area contributed by atoms with E-state index in [-0.39, 0.29) is 28.3 Å². The molecule has 3 N–H and O–H groups in total. The first-order chi connectivity index (χ1) is 13.4. The van der Waals surface area contributed by atoms with Gasteiger partial charge in [-0.25, -0.2) is 8.42 Å². The monoisotopic (exact) mass is 407 g/mol. The summed E-state index contributed by atoms with van der Waals surface area (Å²) in [6.07, 6.45) is 7.94. The molecule has 2 fully saturated rings. The van der Waals surface area contributed by atoms with E-state index in [0.29, 0.717) is 25.9 Å². The molecule has 0 atom stereocenters. The number of nitrogens with zero attached hydrogens (tertiary/aromatic N) is 1. The van der Waals surface area contributed by atoms with Crippen LogP contribution in [0, 0.1) is 5.92 Å². The summed E-state index contributed by atoms with van der Waals surface area (Å²) in [6.45, 7) is 0.644. The van der Waals surface area contributed by atoms with Crippen molar-refractivity contribution in [1.29, 1.82) is 0 Å². The minimum atomic E-state index is -3.64. The number of rotatable bonds is 5. The van der Waals surface area contributed by atoms with Crippen LogP contribution in [0.3, 0.4) is 0 Å². The van der Waals surface area contributed by atoms with Crippen molar-refractivity contribution in [2.45, 2.75) is 62.3 Å². The molecule has 0 bridgehead atoms. The summed E-state index contributed by atoms with van der Waals surface area (Å²) < 4.78 is 27.0. The predicted molar refractivity (Wildman–Crippen MR) is 106 cm³/mol. The first-order valence-corrected chi connectivity index (χ1v) is 11.5. The second-order valence-corrected chi connectivity index (χ2v) is 9.70. The lowest BCUT2D eigenvalue weighted by molar-refractivity contribution is -0.126. The maximum Gasteiger partial charge on any atom is 0.248 e. The standard InChI is InChI=1S/C20H29N3O4S/c21-19(24)15-7-9-18(10-8-15)28(26,27)23-13-11-16(12-14-23)20(25)22-17-5-3-1-2-4-6-17/h7-10,16-17H,1-6,11-14H2,(H2,21,24)(H,22,25). The van der Waals surface area contributed by atoms with E-state index in [2.05, 4.69) is 5.32 Å². The Balaban J connectivity index is 1.56. The van der Waals surface area contributed by atoms with Gasteiger partial charge in [-0.05, 0) is 49.9 Å². The van der Waals surface area contributed by atoms with Gasteiger partial charge in [-0.15, -0.1) is 0 Å². The van der Waals surface area contributed by atoms with Gasteiger partial charge in [-0.3, -0.25) is 9.59 Å². The van der Waals surface area contributed by atoms with Gasteiger partial charge in [0.1, 0.15) is 0 Å². The number of carbonyl (C=O) groups excluding carboxylic acids is 2.